The highest BCUT2D eigenvalue weighted by atomic mass is 35.5. The molecule has 1 heterocycles. The number of aliphatic imine (C=N–C) groups is 1. The maximum atomic E-state index is 11.1. The van der Waals surface area contributed by atoms with Crippen LogP contribution in [-0.4, -0.2) is 33.0 Å². The predicted octanol–water partition coefficient (Wildman–Crippen LogP) is 1.49. The molecule has 0 fully saturated rings. The van der Waals surface area contributed by atoms with Crippen LogP contribution < -0.4 is 5.73 Å². The average Bonchev–Trinajstić information content (AvgIpc) is 2.75. The van der Waals surface area contributed by atoms with Crippen molar-refractivity contribution in [1.29, 1.82) is 0 Å². The Morgan fingerprint density at radius 2 is 2.35 bits per heavy atom. The molecule has 0 saturated heterocycles. The van der Waals surface area contributed by atoms with Crippen molar-refractivity contribution in [2.45, 2.75) is 0 Å². The van der Waals surface area contributed by atoms with Crippen molar-refractivity contribution >= 4 is 40.0 Å². The summed E-state index contributed by atoms with van der Waals surface area (Å²) in [6, 6.07) is 3.10. The summed E-state index contributed by atoms with van der Waals surface area (Å²) >= 11 is 5.51. The standard InChI is InChI=1S/C10H9ClN4O2/c11-3-8(12)14-6-1-5-4-13-15-9(5)7(2-6)10(16)17/h1-2,4H,3H2,(H2,12,14)(H,13,15)(H,16,17). The average molecular weight is 253 g/mol. The third-order valence-electron chi connectivity index (χ3n) is 2.17. The van der Waals surface area contributed by atoms with E-state index in [4.69, 9.17) is 22.4 Å². The van der Waals surface area contributed by atoms with Gasteiger partial charge in [-0.05, 0) is 12.1 Å². The van der Waals surface area contributed by atoms with Gasteiger partial charge in [-0.3, -0.25) is 5.10 Å². The monoisotopic (exact) mass is 252 g/mol. The van der Waals surface area contributed by atoms with E-state index in [0.717, 1.165) is 0 Å². The number of nitrogens with zero attached hydrogens (tertiary/aromatic N) is 2. The fourth-order valence-electron chi connectivity index (χ4n) is 1.47. The second kappa shape index (κ2) is 4.42. The second-order valence-corrected chi connectivity index (χ2v) is 3.64. The van der Waals surface area contributed by atoms with Crippen LogP contribution in [0.5, 0.6) is 0 Å². The van der Waals surface area contributed by atoms with Crippen LogP contribution in [0, 0.1) is 0 Å². The zero-order valence-corrected chi connectivity index (χ0v) is 9.40. The Labute approximate surface area is 101 Å². The lowest BCUT2D eigenvalue weighted by atomic mass is 10.1. The van der Waals surface area contributed by atoms with Crippen LogP contribution in [0.25, 0.3) is 10.9 Å². The number of alkyl halides is 1. The van der Waals surface area contributed by atoms with Crippen molar-refractivity contribution in [1.82, 2.24) is 10.2 Å². The number of fused-ring (bicyclic) bond motifs is 1. The molecule has 17 heavy (non-hydrogen) atoms. The number of hydrogen-bond donors (Lipinski definition) is 3. The van der Waals surface area contributed by atoms with Gasteiger partial charge in [0.15, 0.2) is 0 Å². The molecule has 0 radical (unpaired) electrons. The Balaban J connectivity index is 2.63. The number of carbonyl (C=O) groups is 1. The molecule has 1 aromatic carbocycles. The van der Waals surface area contributed by atoms with Gasteiger partial charge in [-0.1, -0.05) is 0 Å². The molecule has 0 aliphatic rings. The van der Waals surface area contributed by atoms with Crippen LogP contribution in [0.3, 0.4) is 0 Å². The normalized spacial score (nSPS) is 11.9. The molecule has 4 N–H and O–H groups in total. The summed E-state index contributed by atoms with van der Waals surface area (Å²) in [6.45, 7) is 0. The summed E-state index contributed by atoms with van der Waals surface area (Å²) in [5.74, 6) is -0.738. The summed E-state index contributed by atoms with van der Waals surface area (Å²) in [5.41, 5.74) is 6.49. The number of aromatic carboxylic acids is 1. The Morgan fingerprint density at radius 1 is 1.59 bits per heavy atom. The van der Waals surface area contributed by atoms with Crippen LogP contribution in [-0.2, 0) is 0 Å². The minimum Gasteiger partial charge on any atom is -0.478 e. The minimum atomic E-state index is -1.05. The van der Waals surface area contributed by atoms with E-state index in [9.17, 15) is 4.79 Å². The number of H-pyrrole nitrogens is 1. The quantitative estimate of drug-likeness (QED) is 0.437. The SMILES string of the molecule is NC(CCl)=Nc1cc(C(=O)O)c2[nH]ncc2c1. The molecule has 0 amide bonds. The summed E-state index contributed by atoms with van der Waals surface area (Å²) < 4.78 is 0. The molecule has 6 nitrogen and oxygen atoms in total. The number of hydrogen-bond acceptors (Lipinski definition) is 3. The molecule has 0 aliphatic carbocycles. The number of halogens is 1. The number of rotatable bonds is 3. The zero-order valence-electron chi connectivity index (χ0n) is 8.64. The minimum absolute atomic E-state index is 0.0891. The van der Waals surface area contributed by atoms with Crippen LogP contribution in [0.15, 0.2) is 23.3 Å². The smallest absolute Gasteiger partial charge is 0.337 e. The van der Waals surface area contributed by atoms with E-state index in [2.05, 4.69) is 15.2 Å². The second-order valence-electron chi connectivity index (χ2n) is 3.37. The van der Waals surface area contributed by atoms with Crippen molar-refractivity contribution in [2.24, 2.45) is 10.7 Å². The molecule has 0 spiro atoms. The molecular weight excluding hydrogens is 244 g/mol. The number of nitrogens with two attached hydrogens (primary N) is 1. The van der Waals surface area contributed by atoms with Gasteiger partial charge in [-0.25, -0.2) is 9.79 Å². The Bertz CT molecular complexity index is 605. The van der Waals surface area contributed by atoms with Crippen molar-refractivity contribution < 1.29 is 9.90 Å². The molecule has 7 heteroatoms. The first-order chi connectivity index (χ1) is 8.11. The van der Waals surface area contributed by atoms with Crippen molar-refractivity contribution in [2.75, 3.05) is 5.88 Å². The Kier molecular flexibility index (Phi) is 2.97. The predicted molar refractivity (Wildman–Crippen MR) is 65.1 cm³/mol. The van der Waals surface area contributed by atoms with Gasteiger partial charge in [0.05, 0.1) is 28.8 Å². The fraction of sp³-hybridized carbons (Fsp3) is 0.100. The van der Waals surface area contributed by atoms with E-state index in [-0.39, 0.29) is 17.3 Å². The fourth-order valence-corrected chi connectivity index (χ4v) is 1.53. The molecule has 0 saturated carbocycles. The van der Waals surface area contributed by atoms with Crippen LogP contribution in [0.4, 0.5) is 5.69 Å². The number of benzene rings is 1. The largest absolute Gasteiger partial charge is 0.478 e. The molecule has 0 aliphatic heterocycles. The van der Waals surface area contributed by atoms with Gasteiger partial charge in [-0.15, -0.1) is 11.6 Å². The van der Waals surface area contributed by atoms with E-state index in [1.807, 2.05) is 0 Å². The van der Waals surface area contributed by atoms with Gasteiger partial charge in [0.25, 0.3) is 0 Å². The highest BCUT2D eigenvalue weighted by Gasteiger charge is 2.12. The van der Waals surface area contributed by atoms with Gasteiger partial charge >= 0.3 is 5.97 Å². The maximum absolute atomic E-state index is 11.1. The third-order valence-corrected chi connectivity index (χ3v) is 2.45. The molecule has 0 atom stereocenters. The molecule has 88 valence electrons. The number of carboxylic acids is 1. The lowest BCUT2D eigenvalue weighted by Gasteiger charge is -2.01. The van der Waals surface area contributed by atoms with Crippen LogP contribution >= 0.6 is 11.6 Å². The van der Waals surface area contributed by atoms with Gasteiger partial charge in [0.2, 0.25) is 0 Å². The first-order valence-corrected chi connectivity index (χ1v) is 5.24. The summed E-state index contributed by atoms with van der Waals surface area (Å²) in [7, 11) is 0. The molecule has 2 rings (SSSR count). The first-order valence-electron chi connectivity index (χ1n) is 4.71. The number of aromatic nitrogens is 2. The molecule has 2 aromatic rings. The van der Waals surface area contributed by atoms with Crippen molar-refractivity contribution in [3.05, 3.63) is 23.9 Å². The number of amidine groups is 1. The van der Waals surface area contributed by atoms with Gasteiger partial charge in [0, 0.05) is 5.39 Å². The van der Waals surface area contributed by atoms with E-state index in [1.54, 1.807) is 6.07 Å². The molecule has 0 unspecified atom stereocenters. The summed E-state index contributed by atoms with van der Waals surface area (Å²) in [5, 5.41) is 16.1. The van der Waals surface area contributed by atoms with Gasteiger partial charge in [-0.2, -0.15) is 5.10 Å². The third kappa shape index (κ3) is 2.21. The first kappa shape index (κ1) is 11.4. The number of aromatic amines is 1. The molecular formula is C10H9ClN4O2. The van der Waals surface area contributed by atoms with Crippen molar-refractivity contribution in [3.63, 3.8) is 0 Å². The summed E-state index contributed by atoms with van der Waals surface area (Å²) in [4.78, 5) is 15.1. The highest BCUT2D eigenvalue weighted by molar-refractivity contribution is 6.28. The molecule has 1 aromatic heterocycles. The maximum Gasteiger partial charge on any atom is 0.337 e. The number of carboxylic acid groups (broad SMARTS) is 1. The summed E-state index contributed by atoms with van der Waals surface area (Å²) in [6.07, 6.45) is 1.53. The van der Waals surface area contributed by atoms with E-state index < -0.39 is 5.97 Å². The van der Waals surface area contributed by atoms with E-state index in [1.165, 1.54) is 12.3 Å². The van der Waals surface area contributed by atoms with Crippen LogP contribution in [0.1, 0.15) is 10.4 Å². The highest BCUT2D eigenvalue weighted by Crippen LogP contribution is 2.24. The Morgan fingerprint density at radius 3 is 3.00 bits per heavy atom. The topological polar surface area (TPSA) is 104 Å². The van der Waals surface area contributed by atoms with E-state index in [0.29, 0.717) is 16.6 Å². The van der Waals surface area contributed by atoms with Crippen LogP contribution in [0.2, 0.25) is 0 Å². The zero-order chi connectivity index (χ0) is 12.4. The van der Waals surface area contributed by atoms with Crippen molar-refractivity contribution in [3.8, 4) is 0 Å². The lowest BCUT2D eigenvalue weighted by molar-refractivity contribution is 0.0699. The van der Waals surface area contributed by atoms with Gasteiger partial charge < -0.3 is 10.8 Å². The molecule has 0 bridgehead atoms. The number of nitrogens with one attached hydrogen (secondary N) is 1. The van der Waals surface area contributed by atoms with Gasteiger partial charge in [0.1, 0.15) is 5.84 Å². The van der Waals surface area contributed by atoms with E-state index >= 15 is 0 Å². The lowest BCUT2D eigenvalue weighted by Crippen LogP contribution is -2.12. The Hall–Kier alpha value is -2.08.